The van der Waals surface area contributed by atoms with Crippen molar-refractivity contribution in [1.29, 1.82) is 0 Å². The van der Waals surface area contributed by atoms with Crippen LogP contribution in [0.4, 0.5) is 0 Å². The molecule has 16 heavy (non-hydrogen) atoms. The van der Waals surface area contributed by atoms with E-state index in [4.69, 9.17) is 5.73 Å². The molecule has 0 radical (unpaired) electrons. The molecule has 3 atom stereocenters. The summed E-state index contributed by atoms with van der Waals surface area (Å²) in [5.41, 5.74) is 5.89. The Hall–Kier alpha value is -1.10. The second kappa shape index (κ2) is 5.84. The number of nitrogens with one attached hydrogen (secondary N) is 2. The van der Waals surface area contributed by atoms with Gasteiger partial charge in [-0.1, -0.05) is 6.92 Å². The van der Waals surface area contributed by atoms with Crippen molar-refractivity contribution in [1.82, 2.24) is 10.6 Å². The van der Waals surface area contributed by atoms with Crippen LogP contribution in [0.1, 0.15) is 26.2 Å². The first-order valence-corrected chi connectivity index (χ1v) is 5.78. The Labute approximate surface area is 96.1 Å². The van der Waals surface area contributed by atoms with E-state index in [1.165, 1.54) is 0 Å². The molecule has 4 N–H and O–H groups in total. The highest BCUT2D eigenvalue weighted by Gasteiger charge is 2.29. The van der Waals surface area contributed by atoms with Gasteiger partial charge < -0.3 is 16.4 Å². The van der Waals surface area contributed by atoms with Crippen LogP contribution in [0, 0.1) is 11.8 Å². The quantitative estimate of drug-likeness (QED) is 0.614. The van der Waals surface area contributed by atoms with Crippen molar-refractivity contribution in [2.24, 2.45) is 17.6 Å². The second-order valence-corrected chi connectivity index (χ2v) is 4.54. The standard InChI is InChI=1S/C11H21N3O2/c1-7-5-8(3-4-9(7)12)11(16)14-6-10(15)13-2/h7-9H,3-6,12H2,1-2H3,(H,13,15)(H,14,16). The van der Waals surface area contributed by atoms with Crippen LogP contribution in [-0.4, -0.2) is 31.4 Å². The van der Waals surface area contributed by atoms with Crippen molar-refractivity contribution in [2.75, 3.05) is 13.6 Å². The monoisotopic (exact) mass is 227 g/mol. The largest absolute Gasteiger partial charge is 0.358 e. The minimum absolute atomic E-state index is 0.0134. The van der Waals surface area contributed by atoms with Crippen LogP contribution < -0.4 is 16.4 Å². The van der Waals surface area contributed by atoms with E-state index >= 15 is 0 Å². The molecule has 0 heterocycles. The number of hydrogen-bond acceptors (Lipinski definition) is 3. The fourth-order valence-electron chi connectivity index (χ4n) is 2.06. The highest BCUT2D eigenvalue weighted by Crippen LogP contribution is 2.27. The molecule has 0 aromatic carbocycles. The Balaban J connectivity index is 2.34. The van der Waals surface area contributed by atoms with Crippen LogP contribution in [0.2, 0.25) is 0 Å². The predicted molar refractivity (Wildman–Crippen MR) is 61.6 cm³/mol. The second-order valence-electron chi connectivity index (χ2n) is 4.54. The van der Waals surface area contributed by atoms with E-state index in [1.807, 2.05) is 0 Å². The van der Waals surface area contributed by atoms with Crippen LogP contribution in [0.5, 0.6) is 0 Å². The maximum Gasteiger partial charge on any atom is 0.239 e. The van der Waals surface area contributed by atoms with E-state index in [1.54, 1.807) is 7.05 Å². The van der Waals surface area contributed by atoms with Crippen LogP contribution in [-0.2, 0) is 9.59 Å². The number of hydrogen-bond donors (Lipinski definition) is 3. The molecule has 5 nitrogen and oxygen atoms in total. The molecule has 2 amide bonds. The molecule has 1 aliphatic rings. The summed E-state index contributed by atoms with van der Waals surface area (Å²) in [5.74, 6) is 0.195. The predicted octanol–water partition coefficient (Wildman–Crippen LogP) is -0.388. The van der Waals surface area contributed by atoms with Gasteiger partial charge in [0, 0.05) is 19.0 Å². The summed E-state index contributed by atoms with van der Waals surface area (Å²) in [6.07, 6.45) is 2.53. The molecule has 0 aromatic rings. The third-order valence-electron chi connectivity index (χ3n) is 3.31. The van der Waals surface area contributed by atoms with Gasteiger partial charge in [-0.2, -0.15) is 0 Å². The number of carbonyl (C=O) groups excluding carboxylic acids is 2. The van der Waals surface area contributed by atoms with Gasteiger partial charge in [0.15, 0.2) is 0 Å². The first-order chi connectivity index (χ1) is 7.54. The lowest BCUT2D eigenvalue weighted by atomic mass is 9.79. The van der Waals surface area contributed by atoms with E-state index in [-0.39, 0.29) is 30.3 Å². The van der Waals surface area contributed by atoms with Crippen LogP contribution in [0.3, 0.4) is 0 Å². The summed E-state index contributed by atoms with van der Waals surface area (Å²) in [4.78, 5) is 22.7. The third-order valence-corrected chi connectivity index (χ3v) is 3.31. The maximum atomic E-state index is 11.7. The summed E-state index contributed by atoms with van der Waals surface area (Å²) in [7, 11) is 1.55. The summed E-state index contributed by atoms with van der Waals surface area (Å²) in [5, 5.41) is 5.11. The number of rotatable bonds is 3. The number of carbonyl (C=O) groups is 2. The molecule has 3 unspecified atom stereocenters. The fraction of sp³-hybridized carbons (Fsp3) is 0.818. The maximum absolute atomic E-state index is 11.7. The summed E-state index contributed by atoms with van der Waals surface area (Å²) < 4.78 is 0. The lowest BCUT2D eigenvalue weighted by Crippen LogP contribution is -2.43. The topological polar surface area (TPSA) is 84.2 Å². The van der Waals surface area contributed by atoms with Gasteiger partial charge in [0.1, 0.15) is 0 Å². The van der Waals surface area contributed by atoms with E-state index < -0.39 is 0 Å². The normalized spacial score (nSPS) is 29.6. The van der Waals surface area contributed by atoms with Crippen molar-refractivity contribution in [3.63, 3.8) is 0 Å². The Morgan fingerprint density at radius 3 is 2.62 bits per heavy atom. The molecular formula is C11H21N3O2. The molecule has 1 rings (SSSR count). The van der Waals surface area contributed by atoms with Gasteiger partial charge in [-0.3, -0.25) is 9.59 Å². The molecular weight excluding hydrogens is 206 g/mol. The SMILES string of the molecule is CNC(=O)CNC(=O)C1CCC(N)C(C)C1. The van der Waals surface area contributed by atoms with Gasteiger partial charge in [0.2, 0.25) is 11.8 Å². The van der Waals surface area contributed by atoms with Gasteiger partial charge in [-0.25, -0.2) is 0 Å². The van der Waals surface area contributed by atoms with Crippen molar-refractivity contribution >= 4 is 11.8 Å². The van der Waals surface area contributed by atoms with Crippen molar-refractivity contribution in [3.05, 3.63) is 0 Å². The number of nitrogens with two attached hydrogens (primary N) is 1. The Morgan fingerprint density at radius 2 is 2.06 bits per heavy atom. The first-order valence-electron chi connectivity index (χ1n) is 5.78. The zero-order valence-corrected chi connectivity index (χ0v) is 9.95. The molecule has 1 aliphatic carbocycles. The van der Waals surface area contributed by atoms with Gasteiger partial charge in [0.05, 0.1) is 6.54 Å². The molecule has 0 bridgehead atoms. The molecule has 5 heteroatoms. The lowest BCUT2D eigenvalue weighted by Gasteiger charge is -2.30. The average molecular weight is 227 g/mol. The summed E-state index contributed by atoms with van der Waals surface area (Å²) >= 11 is 0. The average Bonchev–Trinajstić information content (AvgIpc) is 2.29. The zero-order valence-electron chi connectivity index (χ0n) is 9.95. The van der Waals surface area contributed by atoms with Gasteiger partial charge in [-0.05, 0) is 25.2 Å². The van der Waals surface area contributed by atoms with Crippen molar-refractivity contribution in [2.45, 2.75) is 32.2 Å². The van der Waals surface area contributed by atoms with Crippen LogP contribution in [0.25, 0.3) is 0 Å². The molecule has 1 saturated carbocycles. The molecule has 0 saturated heterocycles. The minimum atomic E-state index is -0.172. The molecule has 0 aromatic heterocycles. The Kier molecular flexibility index (Phi) is 4.73. The molecule has 1 fully saturated rings. The number of amides is 2. The smallest absolute Gasteiger partial charge is 0.239 e. The van der Waals surface area contributed by atoms with E-state index in [9.17, 15) is 9.59 Å². The molecule has 0 spiro atoms. The highest BCUT2D eigenvalue weighted by atomic mass is 16.2. The van der Waals surface area contributed by atoms with E-state index in [0.29, 0.717) is 5.92 Å². The van der Waals surface area contributed by atoms with Crippen LogP contribution >= 0.6 is 0 Å². The lowest BCUT2D eigenvalue weighted by molar-refractivity contribution is -0.129. The first kappa shape index (κ1) is 13.0. The third kappa shape index (κ3) is 3.48. The van der Waals surface area contributed by atoms with Crippen molar-refractivity contribution in [3.8, 4) is 0 Å². The Morgan fingerprint density at radius 1 is 1.38 bits per heavy atom. The van der Waals surface area contributed by atoms with E-state index in [0.717, 1.165) is 19.3 Å². The van der Waals surface area contributed by atoms with Gasteiger partial charge >= 0.3 is 0 Å². The molecule has 0 aliphatic heterocycles. The number of likely N-dealkylation sites (N-methyl/N-ethyl adjacent to an activating group) is 1. The summed E-state index contributed by atoms with van der Waals surface area (Å²) in [6.45, 7) is 2.13. The summed E-state index contributed by atoms with van der Waals surface area (Å²) in [6, 6.07) is 0.211. The van der Waals surface area contributed by atoms with Crippen molar-refractivity contribution < 1.29 is 9.59 Å². The Bertz CT molecular complexity index is 268. The zero-order chi connectivity index (χ0) is 12.1. The van der Waals surface area contributed by atoms with Gasteiger partial charge in [-0.15, -0.1) is 0 Å². The van der Waals surface area contributed by atoms with Gasteiger partial charge in [0.25, 0.3) is 0 Å². The highest BCUT2D eigenvalue weighted by molar-refractivity contribution is 5.85. The molecule has 92 valence electrons. The minimum Gasteiger partial charge on any atom is -0.358 e. The van der Waals surface area contributed by atoms with E-state index in [2.05, 4.69) is 17.6 Å². The van der Waals surface area contributed by atoms with Crippen LogP contribution in [0.15, 0.2) is 0 Å². The fourth-order valence-corrected chi connectivity index (χ4v) is 2.06.